The van der Waals surface area contributed by atoms with Crippen molar-refractivity contribution in [3.63, 3.8) is 0 Å². The lowest BCUT2D eigenvalue weighted by atomic mass is 10.2. The van der Waals surface area contributed by atoms with Gasteiger partial charge in [0, 0.05) is 24.4 Å². The number of aromatic nitrogens is 1. The van der Waals surface area contributed by atoms with Gasteiger partial charge in [-0.25, -0.2) is 9.37 Å². The van der Waals surface area contributed by atoms with E-state index in [0.717, 1.165) is 4.90 Å². The average Bonchev–Trinajstić information content (AvgIpc) is 3.43. The van der Waals surface area contributed by atoms with Gasteiger partial charge in [0.05, 0.1) is 18.5 Å². The standard InChI is InChI=1S/C20H19FN4O4S/c21-15-5-1-2-6-16(15)25(13-18(27)23-12-14-4-3-10-29-14)19(28)8-7-17(26)24-20-22-9-11-30-20/h1-6,9-11H,7-8,12-13H2,(H,23,27)(H,22,24,26). The lowest BCUT2D eigenvalue weighted by molar-refractivity contribution is -0.125. The lowest BCUT2D eigenvalue weighted by Crippen LogP contribution is -2.41. The minimum atomic E-state index is -0.642. The van der Waals surface area contributed by atoms with E-state index in [9.17, 15) is 18.8 Å². The highest BCUT2D eigenvalue weighted by atomic mass is 32.1. The zero-order valence-corrected chi connectivity index (χ0v) is 16.7. The number of para-hydroxylation sites is 1. The summed E-state index contributed by atoms with van der Waals surface area (Å²) in [6.07, 6.45) is 2.70. The minimum Gasteiger partial charge on any atom is -0.467 e. The molecule has 3 amide bonds. The Morgan fingerprint density at radius 2 is 1.93 bits per heavy atom. The van der Waals surface area contributed by atoms with Crippen molar-refractivity contribution in [1.82, 2.24) is 10.3 Å². The van der Waals surface area contributed by atoms with Crippen LogP contribution in [0.2, 0.25) is 0 Å². The first-order valence-corrected chi connectivity index (χ1v) is 9.94. The van der Waals surface area contributed by atoms with Crippen LogP contribution in [0.3, 0.4) is 0 Å². The van der Waals surface area contributed by atoms with E-state index < -0.39 is 30.1 Å². The second-order valence-electron chi connectivity index (χ2n) is 6.17. The first-order valence-electron chi connectivity index (χ1n) is 9.06. The Hall–Kier alpha value is -3.53. The van der Waals surface area contributed by atoms with Crippen LogP contribution in [0.5, 0.6) is 0 Å². The molecule has 8 nitrogen and oxygen atoms in total. The molecule has 3 rings (SSSR count). The van der Waals surface area contributed by atoms with Crippen LogP contribution >= 0.6 is 11.3 Å². The largest absolute Gasteiger partial charge is 0.467 e. The molecule has 1 aromatic carbocycles. The summed E-state index contributed by atoms with van der Waals surface area (Å²) >= 11 is 1.25. The van der Waals surface area contributed by atoms with Gasteiger partial charge in [0.2, 0.25) is 17.7 Å². The van der Waals surface area contributed by atoms with E-state index in [4.69, 9.17) is 4.42 Å². The van der Waals surface area contributed by atoms with E-state index in [1.54, 1.807) is 29.8 Å². The van der Waals surface area contributed by atoms with Crippen LogP contribution in [0.4, 0.5) is 15.2 Å². The van der Waals surface area contributed by atoms with E-state index >= 15 is 0 Å². The minimum absolute atomic E-state index is 0.0315. The van der Waals surface area contributed by atoms with E-state index in [1.807, 2.05) is 0 Å². The fourth-order valence-electron chi connectivity index (χ4n) is 2.60. The summed E-state index contributed by atoms with van der Waals surface area (Å²) in [4.78, 5) is 42.1. The number of amides is 3. The maximum atomic E-state index is 14.3. The van der Waals surface area contributed by atoms with Crippen molar-refractivity contribution < 1.29 is 23.2 Å². The summed E-state index contributed by atoms with van der Waals surface area (Å²) in [5.41, 5.74) is -0.0315. The summed E-state index contributed by atoms with van der Waals surface area (Å²) in [5.74, 6) is -1.53. The number of rotatable bonds is 9. The molecular weight excluding hydrogens is 411 g/mol. The molecule has 2 heterocycles. The number of carbonyl (C=O) groups is 3. The zero-order valence-electron chi connectivity index (χ0n) is 15.8. The van der Waals surface area contributed by atoms with Gasteiger partial charge in [-0.3, -0.25) is 14.4 Å². The summed E-state index contributed by atoms with van der Waals surface area (Å²) in [6.45, 7) is -0.254. The van der Waals surface area contributed by atoms with Gasteiger partial charge in [-0.05, 0) is 24.3 Å². The second-order valence-corrected chi connectivity index (χ2v) is 7.07. The fraction of sp³-hybridized carbons (Fsp3) is 0.200. The highest BCUT2D eigenvalue weighted by molar-refractivity contribution is 7.13. The quantitative estimate of drug-likeness (QED) is 0.543. The molecule has 30 heavy (non-hydrogen) atoms. The van der Waals surface area contributed by atoms with E-state index in [1.165, 1.54) is 35.8 Å². The number of thiazole rings is 1. The summed E-state index contributed by atoms with van der Waals surface area (Å²) < 4.78 is 19.4. The fourth-order valence-corrected chi connectivity index (χ4v) is 3.14. The number of benzene rings is 1. The highest BCUT2D eigenvalue weighted by Crippen LogP contribution is 2.20. The predicted octanol–water partition coefficient (Wildman–Crippen LogP) is 2.94. The van der Waals surface area contributed by atoms with Crippen molar-refractivity contribution in [3.8, 4) is 0 Å². The van der Waals surface area contributed by atoms with Gasteiger partial charge in [-0.1, -0.05) is 12.1 Å². The molecule has 2 aromatic heterocycles. The number of hydrogen-bond donors (Lipinski definition) is 2. The van der Waals surface area contributed by atoms with Crippen molar-refractivity contribution in [2.24, 2.45) is 0 Å². The monoisotopic (exact) mass is 430 g/mol. The van der Waals surface area contributed by atoms with E-state index in [2.05, 4.69) is 15.6 Å². The maximum absolute atomic E-state index is 14.3. The van der Waals surface area contributed by atoms with Gasteiger partial charge in [-0.2, -0.15) is 0 Å². The van der Waals surface area contributed by atoms with Crippen molar-refractivity contribution in [2.75, 3.05) is 16.8 Å². The molecule has 0 spiro atoms. The van der Waals surface area contributed by atoms with Crippen molar-refractivity contribution in [2.45, 2.75) is 19.4 Å². The Kier molecular flexibility index (Phi) is 7.28. The SMILES string of the molecule is O=C(CN(C(=O)CCC(=O)Nc1nccs1)c1ccccc1F)NCc1ccco1. The Morgan fingerprint density at radius 3 is 2.63 bits per heavy atom. The van der Waals surface area contributed by atoms with Crippen LogP contribution in [-0.2, 0) is 20.9 Å². The normalized spacial score (nSPS) is 10.4. The third-order valence-electron chi connectivity index (χ3n) is 4.03. The first-order chi connectivity index (χ1) is 14.5. The van der Waals surface area contributed by atoms with Gasteiger partial charge in [0.1, 0.15) is 18.1 Å². The molecule has 0 fully saturated rings. The Morgan fingerprint density at radius 1 is 1.10 bits per heavy atom. The molecule has 3 aromatic rings. The lowest BCUT2D eigenvalue weighted by Gasteiger charge is -2.22. The summed E-state index contributed by atoms with van der Waals surface area (Å²) in [7, 11) is 0. The van der Waals surface area contributed by atoms with Gasteiger partial charge < -0.3 is 20.0 Å². The first kappa shape index (κ1) is 21.2. The third-order valence-corrected chi connectivity index (χ3v) is 4.72. The maximum Gasteiger partial charge on any atom is 0.240 e. The Balaban J connectivity index is 1.62. The molecule has 0 atom stereocenters. The molecule has 156 valence electrons. The molecule has 10 heteroatoms. The number of anilines is 2. The van der Waals surface area contributed by atoms with Crippen molar-refractivity contribution >= 4 is 39.9 Å². The average molecular weight is 430 g/mol. The molecule has 0 unspecified atom stereocenters. The second kappa shape index (κ2) is 10.3. The molecule has 0 aliphatic rings. The van der Waals surface area contributed by atoms with E-state index in [0.29, 0.717) is 10.9 Å². The molecular formula is C20H19FN4O4S. The van der Waals surface area contributed by atoms with Crippen LogP contribution in [0.1, 0.15) is 18.6 Å². The van der Waals surface area contributed by atoms with Gasteiger partial charge in [0.15, 0.2) is 5.13 Å². The summed E-state index contributed by atoms with van der Waals surface area (Å²) in [5, 5.41) is 7.33. The van der Waals surface area contributed by atoms with Gasteiger partial charge >= 0.3 is 0 Å². The topological polar surface area (TPSA) is 105 Å². The Labute approximate surface area is 175 Å². The molecule has 0 saturated heterocycles. The number of furan rings is 1. The molecule has 0 saturated carbocycles. The van der Waals surface area contributed by atoms with Crippen molar-refractivity contribution in [1.29, 1.82) is 0 Å². The van der Waals surface area contributed by atoms with Crippen LogP contribution in [0.15, 0.2) is 58.7 Å². The number of hydrogen-bond acceptors (Lipinski definition) is 6. The predicted molar refractivity (Wildman–Crippen MR) is 109 cm³/mol. The smallest absolute Gasteiger partial charge is 0.240 e. The van der Waals surface area contributed by atoms with E-state index in [-0.39, 0.29) is 25.1 Å². The third kappa shape index (κ3) is 5.98. The highest BCUT2D eigenvalue weighted by Gasteiger charge is 2.22. The molecule has 2 N–H and O–H groups in total. The number of nitrogens with one attached hydrogen (secondary N) is 2. The molecule has 0 aliphatic heterocycles. The van der Waals surface area contributed by atoms with Crippen LogP contribution < -0.4 is 15.5 Å². The molecule has 0 radical (unpaired) electrons. The van der Waals surface area contributed by atoms with Crippen LogP contribution in [0, 0.1) is 5.82 Å². The number of halogens is 1. The van der Waals surface area contributed by atoms with Gasteiger partial charge in [-0.15, -0.1) is 11.3 Å². The molecule has 0 aliphatic carbocycles. The van der Waals surface area contributed by atoms with Crippen LogP contribution in [0.25, 0.3) is 0 Å². The van der Waals surface area contributed by atoms with Gasteiger partial charge in [0.25, 0.3) is 0 Å². The van der Waals surface area contributed by atoms with Crippen molar-refractivity contribution in [3.05, 3.63) is 65.8 Å². The summed E-state index contributed by atoms with van der Waals surface area (Å²) in [6, 6.07) is 9.04. The number of nitrogens with zero attached hydrogens (tertiary/aromatic N) is 2. The molecule has 0 bridgehead atoms. The number of carbonyl (C=O) groups excluding carboxylic acids is 3. The van der Waals surface area contributed by atoms with Crippen LogP contribution in [-0.4, -0.2) is 29.3 Å². The Bertz CT molecular complexity index is 992. The zero-order chi connectivity index (χ0) is 21.3.